The van der Waals surface area contributed by atoms with E-state index in [2.05, 4.69) is 5.10 Å². The van der Waals surface area contributed by atoms with E-state index in [0.717, 1.165) is 5.69 Å². The molecule has 0 aromatic carbocycles. The van der Waals surface area contributed by atoms with E-state index in [1.54, 1.807) is 19.4 Å². The lowest BCUT2D eigenvalue weighted by atomic mass is 10.4. The highest BCUT2D eigenvalue weighted by molar-refractivity contribution is 6.17. The van der Waals surface area contributed by atoms with Crippen molar-refractivity contribution in [1.82, 2.24) is 9.78 Å². The van der Waals surface area contributed by atoms with E-state index in [4.69, 9.17) is 21.1 Å². The van der Waals surface area contributed by atoms with Gasteiger partial charge in [-0.05, 0) is 0 Å². The largest absolute Gasteiger partial charge is 0.383 e. The van der Waals surface area contributed by atoms with Crippen molar-refractivity contribution in [1.29, 1.82) is 0 Å². The Morgan fingerprint density at radius 1 is 1.42 bits per heavy atom. The van der Waals surface area contributed by atoms with E-state index in [1.165, 1.54) is 4.68 Å². The first-order chi connectivity index (χ1) is 9.19. The zero-order valence-corrected chi connectivity index (χ0v) is 12.1. The minimum Gasteiger partial charge on any atom is -0.383 e. The Bertz CT molecular complexity index is 425. The number of aromatic nitrogens is 2. The lowest BCUT2D eigenvalue weighted by molar-refractivity contribution is 0.136. The summed E-state index contributed by atoms with van der Waals surface area (Å²) in [5, 5.41) is 4.11. The third-order valence-electron chi connectivity index (χ3n) is 2.60. The number of likely N-dealkylation sites (N-methyl/N-ethyl adjacent to an activating group) is 1. The van der Waals surface area contributed by atoms with Crippen LogP contribution in [0.4, 0.5) is 5.69 Å². The van der Waals surface area contributed by atoms with Crippen LogP contribution in [0, 0.1) is 0 Å². The third-order valence-corrected chi connectivity index (χ3v) is 2.75. The van der Waals surface area contributed by atoms with Crippen molar-refractivity contribution >= 4 is 17.3 Å². The number of hydrogen-bond donors (Lipinski definition) is 0. The van der Waals surface area contributed by atoms with Gasteiger partial charge in [-0.3, -0.25) is 4.79 Å². The molecule has 19 heavy (non-hydrogen) atoms. The maximum Gasteiger partial charge on any atom is 0.268 e. The topological polar surface area (TPSA) is 56.6 Å². The third kappa shape index (κ3) is 5.59. The van der Waals surface area contributed by atoms with Crippen molar-refractivity contribution in [3.05, 3.63) is 22.6 Å². The van der Waals surface area contributed by atoms with E-state index in [9.17, 15) is 4.79 Å². The van der Waals surface area contributed by atoms with Crippen molar-refractivity contribution in [2.75, 3.05) is 51.3 Å². The van der Waals surface area contributed by atoms with Gasteiger partial charge < -0.3 is 14.4 Å². The Labute approximate surface area is 117 Å². The summed E-state index contributed by atoms with van der Waals surface area (Å²) in [4.78, 5) is 13.8. The van der Waals surface area contributed by atoms with Crippen LogP contribution in [0.2, 0.25) is 0 Å². The molecule has 0 bridgehead atoms. The summed E-state index contributed by atoms with van der Waals surface area (Å²) in [6.07, 6.45) is 1.67. The molecule has 1 aromatic rings. The van der Waals surface area contributed by atoms with Gasteiger partial charge in [-0.15, -0.1) is 11.6 Å². The maximum atomic E-state index is 11.8. The van der Waals surface area contributed by atoms with Gasteiger partial charge in [0.05, 0.1) is 38.2 Å². The molecule has 0 saturated carbocycles. The van der Waals surface area contributed by atoms with E-state index in [1.807, 2.05) is 11.9 Å². The van der Waals surface area contributed by atoms with Crippen molar-refractivity contribution in [3.63, 3.8) is 0 Å². The predicted octanol–water partition coefficient (Wildman–Crippen LogP) is 0.581. The molecule has 1 aromatic heterocycles. The number of methoxy groups -OCH3 is 1. The van der Waals surface area contributed by atoms with Gasteiger partial charge in [0.2, 0.25) is 0 Å². The molecule has 0 spiro atoms. The molecule has 0 atom stereocenters. The second-order valence-electron chi connectivity index (χ2n) is 3.99. The summed E-state index contributed by atoms with van der Waals surface area (Å²) in [7, 11) is 3.54. The first-order valence-electron chi connectivity index (χ1n) is 6.10. The molecule has 0 N–H and O–H groups in total. The van der Waals surface area contributed by atoms with E-state index in [-0.39, 0.29) is 5.56 Å². The minimum atomic E-state index is -0.142. The number of rotatable bonds is 9. The van der Waals surface area contributed by atoms with Crippen LogP contribution in [0.15, 0.2) is 17.1 Å². The summed E-state index contributed by atoms with van der Waals surface area (Å²) in [5.74, 6) is 0.450. The number of halogens is 1. The number of hydrogen-bond acceptors (Lipinski definition) is 5. The monoisotopic (exact) mass is 289 g/mol. The fraction of sp³-hybridized carbons (Fsp3) is 0.667. The van der Waals surface area contributed by atoms with Crippen molar-refractivity contribution < 1.29 is 9.47 Å². The Kier molecular flexibility index (Phi) is 7.47. The molecule has 0 aliphatic carbocycles. The normalized spacial score (nSPS) is 10.7. The van der Waals surface area contributed by atoms with Crippen molar-refractivity contribution in [2.24, 2.45) is 0 Å². The standard InChI is InChI=1S/C12H20ClN3O3/c1-15(4-7-18-2)11-9-12(17)16(14-10-11)5-8-19-6-3-13/h9-10H,3-8H2,1-2H3. The summed E-state index contributed by atoms with van der Waals surface area (Å²) in [6.45, 7) is 2.65. The van der Waals surface area contributed by atoms with Crippen LogP contribution in [0.5, 0.6) is 0 Å². The molecule has 0 fully saturated rings. The van der Waals surface area contributed by atoms with Gasteiger partial charge in [0.25, 0.3) is 5.56 Å². The molecule has 0 aliphatic heterocycles. The molecule has 0 aliphatic rings. The van der Waals surface area contributed by atoms with Crippen molar-refractivity contribution in [2.45, 2.75) is 6.54 Å². The van der Waals surface area contributed by atoms with E-state index in [0.29, 0.717) is 38.8 Å². The van der Waals surface area contributed by atoms with Gasteiger partial charge in [-0.2, -0.15) is 5.10 Å². The lowest BCUT2D eigenvalue weighted by Gasteiger charge is -2.18. The second kappa shape index (κ2) is 8.90. The fourth-order valence-electron chi connectivity index (χ4n) is 1.47. The van der Waals surface area contributed by atoms with Gasteiger partial charge in [-0.25, -0.2) is 4.68 Å². The van der Waals surface area contributed by atoms with E-state index >= 15 is 0 Å². The smallest absolute Gasteiger partial charge is 0.268 e. The zero-order valence-electron chi connectivity index (χ0n) is 11.3. The first-order valence-corrected chi connectivity index (χ1v) is 6.63. The molecule has 7 heteroatoms. The van der Waals surface area contributed by atoms with Crippen LogP contribution in [-0.2, 0) is 16.0 Å². The minimum absolute atomic E-state index is 0.142. The molecule has 1 heterocycles. The molecule has 6 nitrogen and oxygen atoms in total. The SMILES string of the molecule is COCCN(C)c1cnn(CCOCCCl)c(=O)c1. The van der Waals surface area contributed by atoms with Crippen LogP contribution in [0.3, 0.4) is 0 Å². The van der Waals surface area contributed by atoms with Gasteiger partial charge in [0.15, 0.2) is 0 Å². The van der Waals surface area contributed by atoms with E-state index < -0.39 is 0 Å². The highest BCUT2D eigenvalue weighted by Crippen LogP contribution is 2.06. The molecule has 0 amide bonds. The van der Waals surface area contributed by atoms with Crippen LogP contribution in [-0.4, -0.2) is 56.2 Å². The average molecular weight is 290 g/mol. The fourth-order valence-corrected chi connectivity index (χ4v) is 1.57. The zero-order chi connectivity index (χ0) is 14.1. The highest BCUT2D eigenvalue weighted by atomic mass is 35.5. The quantitative estimate of drug-likeness (QED) is 0.492. The molecule has 0 saturated heterocycles. The summed E-state index contributed by atoms with van der Waals surface area (Å²) in [6, 6.07) is 1.56. The van der Waals surface area contributed by atoms with Crippen LogP contribution in [0.25, 0.3) is 0 Å². The summed E-state index contributed by atoms with van der Waals surface area (Å²) < 4.78 is 11.6. The van der Waals surface area contributed by atoms with Gasteiger partial charge >= 0.3 is 0 Å². The van der Waals surface area contributed by atoms with Gasteiger partial charge in [0.1, 0.15) is 0 Å². The number of nitrogens with zero attached hydrogens (tertiary/aromatic N) is 3. The second-order valence-corrected chi connectivity index (χ2v) is 4.37. The molecule has 108 valence electrons. The molecule has 0 radical (unpaired) electrons. The Morgan fingerprint density at radius 2 is 2.21 bits per heavy atom. The number of anilines is 1. The molecule has 0 unspecified atom stereocenters. The van der Waals surface area contributed by atoms with Crippen LogP contribution < -0.4 is 10.5 Å². The number of ether oxygens (including phenoxy) is 2. The Balaban J connectivity index is 2.56. The Morgan fingerprint density at radius 3 is 2.84 bits per heavy atom. The number of alkyl halides is 1. The van der Waals surface area contributed by atoms with Gasteiger partial charge in [0, 0.05) is 32.6 Å². The molecular formula is C12H20ClN3O3. The Hall–Kier alpha value is -1.11. The van der Waals surface area contributed by atoms with Crippen LogP contribution >= 0.6 is 11.6 Å². The van der Waals surface area contributed by atoms with Gasteiger partial charge in [-0.1, -0.05) is 0 Å². The first kappa shape index (κ1) is 15.9. The molecular weight excluding hydrogens is 270 g/mol. The predicted molar refractivity (Wildman–Crippen MR) is 75.2 cm³/mol. The summed E-state index contributed by atoms with van der Waals surface area (Å²) in [5.41, 5.74) is 0.635. The summed E-state index contributed by atoms with van der Waals surface area (Å²) >= 11 is 5.49. The highest BCUT2D eigenvalue weighted by Gasteiger charge is 2.04. The maximum absolute atomic E-state index is 11.8. The lowest BCUT2D eigenvalue weighted by Crippen LogP contribution is -2.28. The van der Waals surface area contributed by atoms with Crippen LogP contribution in [0.1, 0.15) is 0 Å². The molecule has 1 rings (SSSR count). The van der Waals surface area contributed by atoms with Crippen molar-refractivity contribution in [3.8, 4) is 0 Å². The average Bonchev–Trinajstić information content (AvgIpc) is 2.42.